The minimum absolute atomic E-state index is 0.546. The Morgan fingerprint density at radius 1 is 1.25 bits per heavy atom. The second-order valence-corrected chi connectivity index (χ2v) is 8.53. The fourth-order valence-corrected chi connectivity index (χ4v) is 3.11. The van der Waals surface area contributed by atoms with Crippen LogP contribution >= 0.6 is 0 Å². The quantitative estimate of drug-likeness (QED) is 0.425. The Morgan fingerprint density at radius 3 is 2.38 bits per heavy atom. The third-order valence-corrected chi connectivity index (χ3v) is 4.43. The van der Waals surface area contributed by atoms with Crippen molar-refractivity contribution in [3.05, 3.63) is 12.2 Å². The fraction of sp³-hybridized carbons (Fsp3) is 0.636. The summed E-state index contributed by atoms with van der Waals surface area (Å²) in [6, 6.07) is 0.924. The molecule has 0 rings (SSSR count). The molecule has 0 fully saturated rings. The highest BCUT2D eigenvalue weighted by Crippen LogP contribution is 2.16. The summed E-state index contributed by atoms with van der Waals surface area (Å²) in [5.74, 6) is -1.68. The highest BCUT2D eigenvalue weighted by molar-refractivity contribution is 6.72. The molecule has 0 aromatic heterocycles. The number of rotatable bonds is 7. The maximum atomic E-state index is 11.3. The Labute approximate surface area is 97.4 Å². The van der Waals surface area contributed by atoms with Crippen molar-refractivity contribution in [2.24, 2.45) is 0 Å². The lowest BCUT2D eigenvalue weighted by molar-refractivity contribution is -0.133. The summed E-state index contributed by atoms with van der Waals surface area (Å²) < 4.78 is 5.28. The van der Waals surface area contributed by atoms with Crippen molar-refractivity contribution in [1.82, 2.24) is 0 Å². The second-order valence-electron chi connectivity index (χ2n) is 4.31. The Bertz CT molecular complexity index is 271. The summed E-state index contributed by atoms with van der Waals surface area (Å²) in [4.78, 5) is 21.5. The molecule has 0 aliphatic carbocycles. The molecule has 0 bridgehead atoms. The van der Waals surface area contributed by atoms with E-state index in [1.54, 1.807) is 0 Å². The van der Waals surface area contributed by atoms with Gasteiger partial charge in [0.05, 0.1) is 0 Å². The third kappa shape index (κ3) is 8.23. The highest BCUT2D eigenvalue weighted by atomic mass is 28.4. The minimum atomic E-state index is -1.97. The molecule has 92 valence electrons. The SMILES string of the molecule is CCCCC[Si](C)(C)OC(=O)/C=C\C(=O)O. The van der Waals surface area contributed by atoms with E-state index >= 15 is 0 Å². The largest absolute Gasteiger partial charge is 0.517 e. The van der Waals surface area contributed by atoms with Gasteiger partial charge in [-0.05, 0) is 19.1 Å². The van der Waals surface area contributed by atoms with Gasteiger partial charge in [-0.3, -0.25) is 0 Å². The maximum absolute atomic E-state index is 11.3. The number of unbranched alkanes of at least 4 members (excludes halogenated alkanes) is 2. The van der Waals surface area contributed by atoms with Crippen LogP contribution < -0.4 is 0 Å². The van der Waals surface area contributed by atoms with Crippen molar-refractivity contribution in [2.45, 2.75) is 45.3 Å². The highest BCUT2D eigenvalue weighted by Gasteiger charge is 2.25. The van der Waals surface area contributed by atoms with Crippen LogP contribution in [0.1, 0.15) is 26.2 Å². The van der Waals surface area contributed by atoms with Crippen molar-refractivity contribution >= 4 is 20.3 Å². The zero-order valence-corrected chi connectivity index (χ0v) is 11.2. The van der Waals surface area contributed by atoms with Crippen LogP contribution in [-0.4, -0.2) is 25.4 Å². The molecule has 0 atom stereocenters. The van der Waals surface area contributed by atoms with Crippen molar-refractivity contribution in [3.63, 3.8) is 0 Å². The first kappa shape index (κ1) is 14.9. The smallest absolute Gasteiger partial charge is 0.328 e. The first-order chi connectivity index (χ1) is 7.37. The van der Waals surface area contributed by atoms with Gasteiger partial charge in [-0.25, -0.2) is 9.59 Å². The van der Waals surface area contributed by atoms with Gasteiger partial charge in [0.2, 0.25) is 8.32 Å². The van der Waals surface area contributed by atoms with Crippen LogP contribution in [0.2, 0.25) is 19.1 Å². The molecule has 0 aliphatic heterocycles. The molecule has 0 aromatic rings. The van der Waals surface area contributed by atoms with Gasteiger partial charge in [-0.2, -0.15) is 0 Å². The van der Waals surface area contributed by atoms with Crippen molar-refractivity contribution in [1.29, 1.82) is 0 Å². The standard InChI is InChI=1S/C11H20O4Si/c1-4-5-6-9-16(2,3)15-11(14)8-7-10(12)13/h7-8H,4-6,9H2,1-3H3,(H,12,13)/b8-7-. The first-order valence-electron chi connectivity index (χ1n) is 5.51. The van der Waals surface area contributed by atoms with Gasteiger partial charge >= 0.3 is 11.9 Å². The molecule has 0 unspecified atom stereocenters. The van der Waals surface area contributed by atoms with Crippen LogP contribution in [0, 0.1) is 0 Å². The maximum Gasteiger partial charge on any atom is 0.328 e. The van der Waals surface area contributed by atoms with E-state index in [4.69, 9.17) is 9.53 Å². The van der Waals surface area contributed by atoms with Gasteiger partial charge < -0.3 is 9.53 Å². The number of carboxylic acid groups (broad SMARTS) is 1. The number of carbonyl (C=O) groups excluding carboxylic acids is 1. The van der Waals surface area contributed by atoms with Gasteiger partial charge in [0.15, 0.2) is 0 Å². The van der Waals surface area contributed by atoms with E-state index in [0.29, 0.717) is 0 Å². The predicted molar refractivity (Wildman–Crippen MR) is 64.7 cm³/mol. The van der Waals surface area contributed by atoms with Crippen LogP contribution in [0.15, 0.2) is 12.2 Å². The van der Waals surface area contributed by atoms with Gasteiger partial charge in [-0.1, -0.05) is 26.2 Å². The molecule has 0 aromatic carbocycles. The topological polar surface area (TPSA) is 63.6 Å². The van der Waals surface area contributed by atoms with Crippen molar-refractivity contribution in [3.8, 4) is 0 Å². The Balaban J connectivity index is 4.04. The summed E-state index contributed by atoms with van der Waals surface area (Å²) in [7, 11) is -1.97. The van der Waals surface area contributed by atoms with Gasteiger partial charge in [-0.15, -0.1) is 0 Å². The van der Waals surface area contributed by atoms with Crippen LogP contribution in [0.3, 0.4) is 0 Å². The second kappa shape index (κ2) is 7.22. The molecular formula is C11H20O4Si. The molecule has 16 heavy (non-hydrogen) atoms. The molecular weight excluding hydrogens is 224 g/mol. The fourth-order valence-electron chi connectivity index (χ4n) is 1.30. The Hall–Kier alpha value is -1.10. The number of hydrogen-bond donors (Lipinski definition) is 1. The Kier molecular flexibility index (Phi) is 6.72. The molecule has 4 nitrogen and oxygen atoms in total. The van der Waals surface area contributed by atoms with E-state index in [2.05, 4.69) is 6.92 Å². The zero-order chi connectivity index (χ0) is 12.6. The number of carbonyl (C=O) groups is 2. The van der Waals surface area contributed by atoms with Crippen LogP contribution in [-0.2, 0) is 14.0 Å². The molecule has 0 saturated heterocycles. The van der Waals surface area contributed by atoms with E-state index in [9.17, 15) is 9.59 Å². The van der Waals surface area contributed by atoms with E-state index in [-0.39, 0.29) is 0 Å². The first-order valence-corrected chi connectivity index (χ1v) is 8.63. The zero-order valence-electron chi connectivity index (χ0n) is 10.2. The van der Waals surface area contributed by atoms with E-state index in [0.717, 1.165) is 37.5 Å². The summed E-state index contributed by atoms with van der Waals surface area (Å²) >= 11 is 0. The van der Waals surface area contributed by atoms with Gasteiger partial charge in [0.25, 0.3) is 0 Å². The van der Waals surface area contributed by atoms with E-state index < -0.39 is 20.3 Å². The number of hydrogen-bond acceptors (Lipinski definition) is 3. The average Bonchev–Trinajstić information content (AvgIpc) is 2.14. The van der Waals surface area contributed by atoms with Crippen LogP contribution in [0.25, 0.3) is 0 Å². The molecule has 0 spiro atoms. The van der Waals surface area contributed by atoms with Crippen molar-refractivity contribution < 1.29 is 19.1 Å². The molecule has 0 aliphatic rings. The number of aliphatic carboxylic acids is 1. The minimum Gasteiger partial charge on any atom is -0.517 e. The van der Waals surface area contributed by atoms with Crippen LogP contribution in [0.4, 0.5) is 0 Å². The monoisotopic (exact) mass is 244 g/mol. The van der Waals surface area contributed by atoms with Crippen molar-refractivity contribution in [2.75, 3.05) is 0 Å². The number of carboxylic acids is 1. The Morgan fingerprint density at radius 2 is 1.88 bits per heavy atom. The molecule has 0 radical (unpaired) electrons. The normalized spacial score (nSPS) is 11.7. The lowest BCUT2D eigenvalue weighted by atomic mass is 10.3. The molecule has 1 N–H and O–H groups in total. The van der Waals surface area contributed by atoms with E-state index in [1.165, 1.54) is 0 Å². The molecule has 0 heterocycles. The molecule has 0 amide bonds. The van der Waals surface area contributed by atoms with Crippen LogP contribution in [0.5, 0.6) is 0 Å². The third-order valence-electron chi connectivity index (χ3n) is 2.12. The summed E-state index contributed by atoms with van der Waals surface area (Å²) in [5, 5.41) is 8.35. The lowest BCUT2D eigenvalue weighted by Gasteiger charge is -2.21. The lowest BCUT2D eigenvalue weighted by Crippen LogP contribution is -2.32. The van der Waals surface area contributed by atoms with E-state index in [1.807, 2.05) is 13.1 Å². The summed E-state index contributed by atoms with van der Waals surface area (Å²) in [5.41, 5.74) is 0. The van der Waals surface area contributed by atoms with Gasteiger partial charge in [0.1, 0.15) is 0 Å². The summed E-state index contributed by atoms with van der Waals surface area (Å²) in [6.07, 6.45) is 5.11. The molecule has 5 heteroatoms. The predicted octanol–water partition coefficient (Wildman–Crippen LogP) is 2.57. The molecule has 0 saturated carbocycles. The average molecular weight is 244 g/mol. The summed E-state index contributed by atoms with van der Waals surface area (Å²) in [6.45, 7) is 6.06. The van der Waals surface area contributed by atoms with Gasteiger partial charge in [0, 0.05) is 12.2 Å².